The summed E-state index contributed by atoms with van der Waals surface area (Å²) in [4.78, 5) is 3.79. The van der Waals surface area contributed by atoms with E-state index in [0.29, 0.717) is 5.82 Å². The average Bonchev–Trinajstić information content (AvgIpc) is 1.97. The van der Waals surface area contributed by atoms with Gasteiger partial charge in [-0.3, -0.25) is 0 Å². The smallest absolute Gasteiger partial charge is 0.220 e. The molecule has 1 heterocycles. The van der Waals surface area contributed by atoms with Crippen LogP contribution >= 0.6 is 0 Å². The molecule has 2 N–H and O–H groups in total. The molecule has 0 radical (unpaired) electrons. The van der Waals surface area contributed by atoms with Crippen LogP contribution in [-0.2, 0) is 5.60 Å². The Morgan fingerprint density at radius 1 is 1.19 bits per heavy atom. The van der Waals surface area contributed by atoms with E-state index in [9.17, 15) is 9.50 Å². The lowest BCUT2D eigenvalue weighted by Crippen LogP contribution is -2.27. The Balaban J connectivity index is 3.01. The molecule has 3 nitrogen and oxygen atoms in total. The number of hydrogen-bond acceptors (Lipinski definition) is 3. The summed E-state index contributed by atoms with van der Waals surface area (Å²) in [5.74, 6) is -0.167. The van der Waals surface area contributed by atoms with Gasteiger partial charge in [0, 0.05) is 11.1 Å². The number of rotatable bonds is 2. The van der Waals surface area contributed by atoms with Gasteiger partial charge in [0.15, 0.2) is 0 Å². The van der Waals surface area contributed by atoms with Gasteiger partial charge in [0.25, 0.3) is 0 Å². The summed E-state index contributed by atoms with van der Waals surface area (Å²) in [6, 6.07) is 3.22. The third-order valence-corrected chi connectivity index (χ3v) is 2.01. The van der Waals surface area contributed by atoms with Crippen molar-refractivity contribution in [2.75, 3.05) is 5.32 Å². The van der Waals surface area contributed by atoms with Crippen LogP contribution in [0.2, 0.25) is 0 Å². The van der Waals surface area contributed by atoms with Gasteiger partial charge in [-0.1, -0.05) is 0 Å². The molecule has 0 aliphatic heterocycles. The maximum absolute atomic E-state index is 13.6. The van der Waals surface area contributed by atoms with Crippen LogP contribution in [0.25, 0.3) is 0 Å². The molecular formula is C12H19FN2O. The van der Waals surface area contributed by atoms with Crippen molar-refractivity contribution >= 4 is 5.82 Å². The normalized spacial score (nSPS) is 12.7. The van der Waals surface area contributed by atoms with Crippen molar-refractivity contribution in [2.45, 2.75) is 45.8 Å². The Bertz CT molecular complexity index is 378. The minimum absolute atomic E-state index is 0.171. The molecule has 0 aliphatic rings. The summed E-state index contributed by atoms with van der Waals surface area (Å²) < 4.78 is 13.6. The van der Waals surface area contributed by atoms with Crippen LogP contribution in [0.4, 0.5) is 10.2 Å². The fourth-order valence-corrected chi connectivity index (χ4v) is 1.34. The first kappa shape index (κ1) is 12.9. The molecule has 0 aliphatic carbocycles. The van der Waals surface area contributed by atoms with Crippen molar-refractivity contribution in [3.63, 3.8) is 0 Å². The Hall–Kier alpha value is -1.16. The van der Waals surface area contributed by atoms with Gasteiger partial charge in [0.05, 0.1) is 5.60 Å². The summed E-state index contributed by atoms with van der Waals surface area (Å²) >= 11 is 0. The van der Waals surface area contributed by atoms with Crippen LogP contribution in [0.5, 0.6) is 0 Å². The van der Waals surface area contributed by atoms with Crippen molar-refractivity contribution in [1.29, 1.82) is 0 Å². The van der Waals surface area contributed by atoms with Crippen LogP contribution < -0.4 is 5.32 Å². The summed E-state index contributed by atoms with van der Waals surface area (Å²) in [5, 5.41) is 12.8. The molecule has 4 heteroatoms. The van der Waals surface area contributed by atoms with Gasteiger partial charge in [-0.2, -0.15) is 4.39 Å². The molecule has 0 fully saturated rings. The number of aliphatic hydroxyl groups is 1. The molecule has 16 heavy (non-hydrogen) atoms. The summed E-state index contributed by atoms with van der Waals surface area (Å²) in [7, 11) is 0. The number of nitrogens with one attached hydrogen (secondary N) is 1. The van der Waals surface area contributed by atoms with E-state index in [0.717, 1.165) is 0 Å². The van der Waals surface area contributed by atoms with Crippen LogP contribution in [0.1, 0.15) is 40.2 Å². The monoisotopic (exact) mass is 226 g/mol. The summed E-state index contributed by atoms with van der Waals surface area (Å²) in [5.41, 5.74) is -1.18. The highest BCUT2D eigenvalue weighted by Crippen LogP contribution is 2.23. The molecule has 0 aromatic carbocycles. The maximum atomic E-state index is 13.6. The standard InChI is InChI=1S/C12H19FN2O/c1-11(2,3)15-9-7-6-8(10(13)14-9)12(4,5)16/h6-7,16H,1-5H3,(H,14,15). The Morgan fingerprint density at radius 3 is 2.12 bits per heavy atom. The van der Waals surface area contributed by atoms with Crippen LogP contribution in [0.3, 0.4) is 0 Å². The zero-order chi connectivity index (χ0) is 12.6. The highest BCUT2D eigenvalue weighted by molar-refractivity contribution is 5.39. The van der Waals surface area contributed by atoms with Gasteiger partial charge in [-0.15, -0.1) is 0 Å². The molecule has 0 unspecified atom stereocenters. The van der Waals surface area contributed by atoms with E-state index in [1.54, 1.807) is 12.1 Å². The lowest BCUT2D eigenvalue weighted by molar-refractivity contribution is 0.0737. The highest BCUT2D eigenvalue weighted by Gasteiger charge is 2.22. The van der Waals surface area contributed by atoms with Gasteiger partial charge in [-0.05, 0) is 46.8 Å². The molecule has 1 aromatic rings. The Labute approximate surface area is 95.7 Å². The Morgan fingerprint density at radius 2 is 1.75 bits per heavy atom. The first-order chi connectivity index (χ1) is 7.09. The van der Waals surface area contributed by atoms with Crippen molar-refractivity contribution in [1.82, 2.24) is 4.98 Å². The molecule has 0 bridgehead atoms. The molecule has 1 rings (SSSR count). The number of aromatic nitrogens is 1. The summed E-state index contributed by atoms with van der Waals surface area (Å²) in [6.07, 6.45) is 0. The second-order valence-corrected chi connectivity index (χ2v) is 5.47. The first-order valence-electron chi connectivity index (χ1n) is 5.27. The maximum Gasteiger partial charge on any atom is 0.220 e. The van der Waals surface area contributed by atoms with Crippen molar-refractivity contribution in [2.24, 2.45) is 0 Å². The molecule has 0 amide bonds. The number of halogens is 1. The second kappa shape index (κ2) is 4.01. The molecule has 0 atom stereocenters. The highest BCUT2D eigenvalue weighted by atomic mass is 19.1. The average molecular weight is 226 g/mol. The predicted molar refractivity (Wildman–Crippen MR) is 62.8 cm³/mol. The number of nitrogens with zero attached hydrogens (tertiary/aromatic N) is 1. The van der Waals surface area contributed by atoms with Gasteiger partial charge in [0.2, 0.25) is 5.95 Å². The predicted octanol–water partition coefficient (Wildman–Crippen LogP) is 2.66. The zero-order valence-corrected chi connectivity index (χ0v) is 10.4. The van der Waals surface area contributed by atoms with E-state index < -0.39 is 11.5 Å². The van der Waals surface area contributed by atoms with E-state index in [-0.39, 0.29) is 11.1 Å². The van der Waals surface area contributed by atoms with E-state index in [2.05, 4.69) is 10.3 Å². The lowest BCUT2D eigenvalue weighted by Gasteiger charge is -2.23. The fourth-order valence-electron chi connectivity index (χ4n) is 1.34. The van der Waals surface area contributed by atoms with Gasteiger partial charge < -0.3 is 10.4 Å². The van der Waals surface area contributed by atoms with E-state index in [1.165, 1.54) is 13.8 Å². The van der Waals surface area contributed by atoms with Gasteiger partial charge in [0.1, 0.15) is 5.82 Å². The van der Waals surface area contributed by atoms with E-state index in [1.807, 2.05) is 20.8 Å². The third kappa shape index (κ3) is 3.45. The van der Waals surface area contributed by atoms with Crippen molar-refractivity contribution in [3.05, 3.63) is 23.6 Å². The molecule has 90 valence electrons. The zero-order valence-electron chi connectivity index (χ0n) is 10.4. The first-order valence-corrected chi connectivity index (χ1v) is 5.27. The van der Waals surface area contributed by atoms with Crippen LogP contribution in [0, 0.1) is 5.95 Å². The van der Waals surface area contributed by atoms with Gasteiger partial charge in [-0.25, -0.2) is 4.98 Å². The molecule has 0 saturated carbocycles. The van der Waals surface area contributed by atoms with Crippen LogP contribution in [-0.4, -0.2) is 15.6 Å². The molecule has 1 aromatic heterocycles. The van der Waals surface area contributed by atoms with E-state index in [4.69, 9.17) is 0 Å². The largest absolute Gasteiger partial charge is 0.386 e. The minimum atomic E-state index is -1.21. The molecule has 0 spiro atoms. The minimum Gasteiger partial charge on any atom is -0.386 e. The third-order valence-electron chi connectivity index (χ3n) is 2.01. The second-order valence-electron chi connectivity index (χ2n) is 5.47. The number of hydrogen-bond donors (Lipinski definition) is 2. The summed E-state index contributed by atoms with van der Waals surface area (Å²) in [6.45, 7) is 8.97. The van der Waals surface area contributed by atoms with E-state index >= 15 is 0 Å². The number of anilines is 1. The lowest BCUT2D eigenvalue weighted by atomic mass is 10.00. The Kier molecular flexibility index (Phi) is 3.24. The molecular weight excluding hydrogens is 207 g/mol. The van der Waals surface area contributed by atoms with Crippen molar-refractivity contribution < 1.29 is 9.50 Å². The topological polar surface area (TPSA) is 45.1 Å². The van der Waals surface area contributed by atoms with Crippen molar-refractivity contribution in [3.8, 4) is 0 Å². The SMILES string of the molecule is CC(C)(C)Nc1ccc(C(C)(C)O)c(F)n1. The fraction of sp³-hybridized carbons (Fsp3) is 0.583. The van der Waals surface area contributed by atoms with Gasteiger partial charge >= 0.3 is 0 Å². The van der Waals surface area contributed by atoms with Crippen LogP contribution in [0.15, 0.2) is 12.1 Å². The quantitative estimate of drug-likeness (QED) is 0.762. The molecule has 0 saturated heterocycles. The number of pyridine rings is 1.